The minimum Gasteiger partial charge on any atom is -0.336 e. The van der Waals surface area contributed by atoms with Crippen molar-refractivity contribution in [2.45, 2.75) is 5.79 Å². The number of rotatable bonds is 4. The molecule has 0 saturated carbocycles. The van der Waals surface area contributed by atoms with Gasteiger partial charge in [-0.15, -0.1) is 0 Å². The van der Waals surface area contributed by atoms with Crippen molar-refractivity contribution in [1.29, 1.82) is 0 Å². The fourth-order valence-electron chi connectivity index (χ4n) is 3.27. The van der Waals surface area contributed by atoms with Gasteiger partial charge < -0.3 is 9.47 Å². The van der Waals surface area contributed by atoms with E-state index in [1.807, 2.05) is 0 Å². The lowest BCUT2D eigenvalue weighted by Crippen LogP contribution is -2.43. The van der Waals surface area contributed by atoms with Gasteiger partial charge in [-0.3, -0.25) is 24.6 Å². The molecule has 2 aromatic rings. The van der Waals surface area contributed by atoms with E-state index in [0.29, 0.717) is 11.3 Å². The summed E-state index contributed by atoms with van der Waals surface area (Å²) >= 11 is 0. The molecular weight excluding hydrogens is 340 g/mol. The molecule has 0 bridgehead atoms. The molecule has 132 valence electrons. The van der Waals surface area contributed by atoms with E-state index in [9.17, 15) is 19.7 Å². The molecule has 0 radical (unpaired) electrons. The van der Waals surface area contributed by atoms with E-state index in [-0.39, 0.29) is 31.0 Å². The van der Waals surface area contributed by atoms with E-state index < -0.39 is 22.4 Å². The SMILES string of the molecule is O=C(CN1C(=O)C2(OCCO2)c2ccccc21)c1cccc([N+](=O)[O-])c1. The Morgan fingerprint density at radius 3 is 2.62 bits per heavy atom. The Morgan fingerprint density at radius 1 is 1.15 bits per heavy atom. The van der Waals surface area contributed by atoms with Gasteiger partial charge in [-0.1, -0.05) is 30.3 Å². The highest BCUT2D eigenvalue weighted by Gasteiger charge is 2.56. The third-order valence-electron chi connectivity index (χ3n) is 4.45. The summed E-state index contributed by atoms with van der Waals surface area (Å²) in [6.45, 7) is 0.310. The fraction of sp³-hybridized carbons (Fsp3) is 0.222. The van der Waals surface area contributed by atoms with E-state index in [4.69, 9.17) is 9.47 Å². The molecule has 1 spiro atoms. The zero-order chi connectivity index (χ0) is 18.3. The van der Waals surface area contributed by atoms with Gasteiger partial charge in [-0.2, -0.15) is 0 Å². The number of nitro benzene ring substituents is 1. The molecule has 2 aromatic carbocycles. The van der Waals surface area contributed by atoms with E-state index in [0.717, 1.165) is 0 Å². The molecule has 0 atom stereocenters. The van der Waals surface area contributed by atoms with Gasteiger partial charge >= 0.3 is 0 Å². The van der Waals surface area contributed by atoms with Crippen LogP contribution in [0.2, 0.25) is 0 Å². The Bertz CT molecular complexity index is 919. The molecule has 0 aromatic heterocycles. The maximum Gasteiger partial charge on any atom is 0.292 e. The van der Waals surface area contributed by atoms with Crippen molar-refractivity contribution in [2.24, 2.45) is 0 Å². The molecule has 1 amide bonds. The van der Waals surface area contributed by atoms with Crippen molar-refractivity contribution in [1.82, 2.24) is 0 Å². The smallest absolute Gasteiger partial charge is 0.292 e. The molecule has 1 saturated heterocycles. The maximum atomic E-state index is 12.9. The number of hydrogen-bond donors (Lipinski definition) is 0. The number of nitrogens with zero attached hydrogens (tertiary/aromatic N) is 2. The van der Waals surface area contributed by atoms with Crippen LogP contribution in [-0.4, -0.2) is 36.4 Å². The van der Waals surface area contributed by atoms with Gasteiger partial charge in [0.05, 0.1) is 30.4 Å². The zero-order valence-electron chi connectivity index (χ0n) is 13.6. The van der Waals surface area contributed by atoms with Crippen LogP contribution in [0.1, 0.15) is 15.9 Å². The molecule has 2 heterocycles. The fourth-order valence-corrected chi connectivity index (χ4v) is 3.27. The number of benzene rings is 2. The number of ether oxygens (including phenoxy) is 2. The molecule has 26 heavy (non-hydrogen) atoms. The van der Waals surface area contributed by atoms with Crippen molar-refractivity contribution in [3.05, 3.63) is 69.8 Å². The van der Waals surface area contributed by atoms with Crippen LogP contribution in [0.15, 0.2) is 48.5 Å². The van der Waals surface area contributed by atoms with Gasteiger partial charge in [0.2, 0.25) is 0 Å². The molecule has 8 heteroatoms. The highest BCUT2D eigenvalue weighted by atomic mass is 16.7. The summed E-state index contributed by atoms with van der Waals surface area (Å²) in [4.78, 5) is 37.2. The normalized spacial score (nSPS) is 17.5. The number of carbonyl (C=O) groups excluding carboxylic acids is 2. The summed E-state index contributed by atoms with van der Waals surface area (Å²) in [6.07, 6.45) is 0. The average Bonchev–Trinajstić information content (AvgIpc) is 3.23. The minimum absolute atomic E-state index is 0.165. The van der Waals surface area contributed by atoms with Crippen LogP contribution in [0, 0.1) is 10.1 Å². The van der Waals surface area contributed by atoms with E-state index in [2.05, 4.69) is 0 Å². The first-order valence-corrected chi connectivity index (χ1v) is 8.00. The summed E-state index contributed by atoms with van der Waals surface area (Å²) in [5, 5.41) is 10.9. The second kappa shape index (κ2) is 6.01. The first kappa shape index (κ1) is 16.4. The molecule has 8 nitrogen and oxygen atoms in total. The third kappa shape index (κ3) is 2.39. The molecule has 0 aliphatic carbocycles. The first-order chi connectivity index (χ1) is 12.5. The maximum absolute atomic E-state index is 12.9. The van der Waals surface area contributed by atoms with Crippen LogP contribution in [0.4, 0.5) is 11.4 Å². The van der Waals surface area contributed by atoms with Crippen molar-refractivity contribution in [3.8, 4) is 0 Å². The Labute approximate surface area is 148 Å². The van der Waals surface area contributed by atoms with Gasteiger partial charge in [-0.25, -0.2) is 0 Å². The van der Waals surface area contributed by atoms with Gasteiger partial charge in [0.1, 0.15) is 0 Å². The standard InChI is InChI=1S/C18H14N2O6/c21-16(12-4-3-5-13(10-12)20(23)24)11-19-15-7-2-1-6-14(15)18(17(19)22)25-8-9-26-18/h1-7,10H,8-9,11H2. The number of para-hydroxylation sites is 1. The number of non-ortho nitro benzene ring substituents is 1. The van der Waals surface area contributed by atoms with Crippen LogP contribution in [0.5, 0.6) is 0 Å². The Kier molecular flexibility index (Phi) is 3.78. The molecular formula is C18H14N2O6. The Morgan fingerprint density at radius 2 is 1.88 bits per heavy atom. The number of hydrogen-bond acceptors (Lipinski definition) is 6. The highest BCUT2D eigenvalue weighted by molar-refractivity contribution is 6.11. The number of nitro groups is 1. The molecule has 2 aliphatic heterocycles. The van der Waals surface area contributed by atoms with Crippen LogP contribution in [-0.2, 0) is 20.1 Å². The zero-order valence-corrected chi connectivity index (χ0v) is 13.6. The summed E-state index contributed by atoms with van der Waals surface area (Å²) < 4.78 is 11.2. The second-order valence-corrected chi connectivity index (χ2v) is 5.95. The lowest BCUT2D eigenvalue weighted by atomic mass is 10.1. The van der Waals surface area contributed by atoms with Gasteiger partial charge in [0.25, 0.3) is 17.4 Å². The molecule has 0 N–H and O–H groups in total. The average molecular weight is 354 g/mol. The monoisotopic (exact) mass is 354 g/mol. The lowest BCUT2D eigenvalue weighted by molar-refractivity contribution is -0.384. The van der Waals surface area contributed by atoms with Gasteiger partial charge in [0.15, 0.2) is 5.78 Å². The van der Waals surface area contributed by atoms with Gasteiger partial charge in [-0.05, 0) is 6.07 Å². The van der Waals surface area contributed by atoms with E-state index in [1.165, 1.54) is 29.2 Å². The number of fused-ring (bicyclic) bond motifs is 2. The Balaban J connectivity index is 1.66. The molecule has 4 rings (SSSR count). The first-order valence-electron chi connectivity index (χ1n) is 8.00. The van der Waals surface area contributed by atoms with Crippen LogP contribution < -0.4 is 4.90 Å². The number of ketones is 1. The van der Waals surface area contributed by atoms with E-state index >= 15 is 0 Å². The quantitative estimate of drug-likeness (QED) is 0.473. The van der Waals surface area contributed by atoms with Crippen LogP contribution >= 0.6 is 0 Å². The topological polar surface area (TPSA) is 99.0 Å². The second-order valence-electron chi connectivity index (χ2n) is 5.95. The molecule has 2 aliphatic rings. The summed E-state index contributed by atoms with van der Waals surface area (Å²) in [5.74, 6) is -2.37. The molecule has 1 fully saturated rings. The number of carbonyl (C=O) groups is 2. The van der Waals surface area contributed by atoms with Crippen molar-refractivity contribution >= 4 is 23.1 Å². The van der Waals surface area contributed by atoms with Crippen molar-refractivity contribution in [3.63, 3.8) is 0 Å². The number of anilines is 1. The number of amides is 1. The van der Waals surface area contributed by atoms with Crippen LogP contribution in [0.25, 0.3) is 0 Å². The van der Waals surface area contributed by atoms with Crippen molar-refractivity contribution < 1.29 is 24.0 Å². The van der Waals surface area contributed by atoms with Crippen LogP contribution in [0.3, 0.4) is 0 Å². The summed E-state index contributed by atoms with van der Waals surface area (Å²) in [6, 6.07) is 12.4. The van der Waals surface area contributed by atoms with E-state index in [1.54, 1.807) is 24.3 Å². The minimum atomic E-state index is -1.50. The summed E-state index contributed by atoms with van der Waals surface area (Å²) in [5.41, 5.74) is 1.09. The largest absolute Gasteiger partial charge is 0.336 e. The predicted octanol–water partition coefficient (Wildman–Crippen LogP) is 2.02. The predicted molar refractivity (Wildman–Crippen MR) is 89.8 cm³/mol. The highest BCUT2D eigenvalue weighted by Crippen LogP contribution is 2.45. The number of Topliss-reactive ketones (excluding diaryl/α,β-unsaturated/α-hetero) is 1. The summed E-state index contributed by atoms with van der Waals surface area (Å²) in [7, 11) is 0. The lowest BCUT2D eigenvalue weighted by Gasteiger charge is -2.21. The molecule has 0 unspecified atom stereocenters. The van der Waals surface area contributed by atoms with Crippen molar-refractivity contribution in [2.75, 3.05) is 24.7 Å². The van der Waals surface area contributed by atoms with Gasteiger partial charge in [0, 0.05) is 23.3 Å². The Hall–Kier alpha value is -3.10. The third-order valence-corrected chi connectivity index (χ3v) is 4.45.